The Morgan fingerprint density at radius 2 is 1.85 bits per heavy atom. The van der Waals surface area contributed by atoms with Crippen molar-refractivity contribution in [3.05, 3.63) is 112 Å². The molecule has 34 heavy (non-hydrogen) atoms. The van der Waals surface area contributed by atoms with Crippen LogP contribution in [0.4, 0.5) is 5.69 Å². The number of benzene rings is 2. The third-order valence-electron chi connectivity index (χ3n) is 5.10. The number of hydrogen-bond donors (Lipinski definition) is 0. The second-order valence-corrected chi connectivity index (χ2v) is 9.04. The molecule has 0 N–H and O–H groups in total. The summed E-state index contributed by atoms with van der Waals surface area (Å²) in [5, 5.41) is 8.09. The Labute approximate surface area is 210 Å². The number of nitrogens with zero attached hydrogens (tertiary/aromatic N) is 6. The van der Waals surface area contributed by atoms with Gasteiger partial charge in [0.15, 0.2) is 0 Å². The summed E-state index contributed by atoms with van der Waals surface area (Å²) in [5.74, 6) is 0. The Hall–Kier alpha value is -3.52. The highest BCUT2D eigenvalue weighted by Gasteiger charge is 2.13. The Morgan fingerprint density at radius 1 is 1.00 bits per heavy atom. The molecule has 0 saturated heterocycles. The van der Waals surface area contributed by atoms with Gasteiger partial charge in [0.05, 0.1) is 34.6 Å². The van der Waals surface area contributed by atoms with Crippen molar-refractivity contribution in [2.75, 3.05) is 0 Å². The van der Waals surface area contributed by atoms with E-state index in [2.05, 4.69) is 9.97 Å². The molecule has 0 fully saturated rings. The number of hydrogen-bond acceptors (Lipinski definition) is 5. The molecule has 6 nitrogen and oxygen atoms in total. The maximum Gasteiger partial charge on any atom is 0.211 e. The quantitative estimate of drug-likeness (QED) is 0.253. The van der Waals surface area contributed by atoms with Crippen LogP contribution >= 0.6 is 34.5 Å². The normalized spacial score (nSPS) is 12.3. The van der Waals surface area contributed by atoms with Gasteiger partial charge in [0, 0.05) is 40.2 Å². The summed E-state index contributed by atoms with van der Waals surface area (Å²) in [6.45, 7) is 1.97. The van der Waals surface area contributed by atoms with Crippen LogP contribution in [0.2, 0.25) is 10.0 Å². The first-order valence-electron chi connectivity index (χ1n) is 10.3. The van der Waals surface area contributed by atoms with E-state index in [1.807, 2.05) is 65.5 Å². The summed E-state index contributed by atoms with van der Waals surface area (Å²) >= 11 is 14.3. The minimum absolute atomic E-state index is 0.585. The Morgan fingerprint density at radius 3 is 2.59 bits per heavy atom. The van der Waals surface area contributed by atoms with Gasteiger partial charge in [-0.3, -0.25) is 4.98 Å². The molecule has 3 heterocycles. The fourth-order valence-electron chi connectivity index (χ4n) is 3.38. The molecule has 0 saturated carbocycles. The van der Waals surface area contributed by atoms with Crippen LogP contribution in [0.5, 0.6) is 0 Å². The van der Waals surface area contributed by atoms with Gasteiger partial charge in [-0.05, 0) is 55.0 Å². The largest absolute Gasteiger partial charge is 0.306 e. The zero-order chi connectivity index (χ0) is 23.5. The molecular formula is C25H18Cl2N6S. The highest BCUT2D eigenvalue weighted by molar-refractivity contribution is 7.07. The van der Waals surface area contributed by atoms with E-state index in [4.69, 9.17) is 33.3 Å². The molecule has 5 rings (SSSR count). The predicted octanol–water partition coefficient (Wildman–Crippen LogP) is 6.61. The molecule has 0 unspecified atom stereocenters. The van der Waals surface area contributed by atoms with Crippen molar-refractivity contribution < 1.29 is 0 Å². The van der Waals surface area contributed by atoms with E-state index in [1.54, 1.807) is 41.7 Å². The minimum atomic E-state index is 0.585. The highest BCUT2D eigenvalue weighted by Crippen LogP contribution is 2.31. The lowest BCUT2D eigenvalue weighted by Crippen LogP contribution is -2.14. The zero-order valence-electron chi connectivity index (χ0n) is 18.0. The summed E-state index contributed by atoms with van der Waals surface area (Å²) in [6, 6.07) is 17.3. The zero-order valence-corrected chi connectivity index (χ0v) is 20.3. The van der Waals surface area contributed by atoms with Crippen molar-refractivity contribution in [1.82, 2.24) is 19.2 Å². The number of halogens is 2. The van der Waals surface area contributed by atoms with E-state index in [0.717, 1.165) is 33.9 Å². The van der Waals surface area contributed by atoms with Gasteiger partial charge in [-0.15, -0.1) is 11.3 Å². The average molecular weight is 505 g/mol. The van der Waals surface area contributed by atoms with Crippen LogP contribution in [0, 0.1) is 0 Å². The minimum Gasteiger partial charge on any atom is -0.306 e. The standard InChI is InChI=1S/C25H18Cl2N6S/c1-17(18-4-7-21(8-5-18)32-12-11-29-16-32)31-33-24(22-13-19(26)6-9-23(22)27)15-34-25(33)30-20-3-2-10-28-14-20/h2-16H,1H3. The average Bonchev–Trinajstić information content (AvgIpc) is 3.53. The molecule has 0 spiro atoms. The summed E-state index contributed by atoms with van der Waals surface area (Å²) in [6.07, 6.45) is 8.86. The van der Waals surface area contributed by atoms with Crippen molar-refractivity contribution in [3.63, 3.8) is 0 Å². The third kappa shape index (κ3) is 4.72. The van der Waals surface area contributed by atoms with E-state index < -0.39 is 0 Å². The van der Waals surface area contributed by atoms with Crippen LogP contribution in [0.1, 0.15) is 12.5 Å². The van der Waals surface area contributed by atoms with E-state index >= 15 is 0 Å². The first-order valence-corrected chi connectivity index (χ1v) is 12.0. The SMILES string of the molecule is CC(=Nn1c(-c2cc(Cl)ccc2Cl)csc1=Nc1cccnc1)c1ccc(-n2ccnc2)cc1. The van der Waals surface area contributed by atoms with E-state index in [-0.39, 0.29) is 0 Å². The summed E-state index contributed by atoms with van der Waals surface area (Å²) in [4.78, 5) is 13.7. The summed E-state index contributed by atoms with van der Waals surface area (Å²) in [5.41, 5.74) is 5.15. The number of thiazole rings is 1. The maximum absolute atomic E-state index is 6.53. The molecule has 9 heteroatoms. The first kappa shape index (κ1) is 22.3. The van der Waals surface area contributed by atoms with E-state index in [9.17, 15) is 0 Å². The molecule has 0 amide bonds. The monoisotopic (exact) mass is 504 g/mol. The van der Waals surface area contributed by atoms with Crippen LogP contribution in [0.15, 0.2) is 101 Å². The Bertz CT molecular complexity index is 1520. The van der Waals surface area contributed by atoms with Crippen molar-refractivity contribution in [1.29, 1.82) is 0 Å². The lowest BCUT2D eigenvalue weighted by Gasteiger charge is -2.09. The van der Waals surface area contributed by atoms with Gasteiger partial charge >= 0.3 is 0 Å². The summed E-state index contributed by atoms with van der Waals surface area (Å²) in [7, 11) is 0. The van der Waals surface area contributed by atoms with Gasteiger partial charge in [-0.2, -0.15) is 5.10 Å². The Kier molecular flexibility index (Phi) is 6.40. The second kappa shape index (κ2) is 9.77. The molecule has 0 aliphatic heterocycles. The molecule has 5 aromatic rings. The molecule has 0 bridgehead atoms. The third-order valence-corrected chi connectivity index (χ3v) is 6.48. The molecule has 0 radical (unpaired) electrons. The van der Waals surface area contributed by atoms with Crippen molar-refractivity contribution in [2.24, 2.45) is 10.1 Å². The van der Waals surface area contributed by atoms with Crippen molar-refractivity contribution >= 4 is 45.9 Å². The molecule has 3 aromatic heterocycles. The molecule has 0 atom stereocenters. The van der Waals surface area contributed by atoms with E-state index in [1.165, 1.54) is 11.3 Å². The lowest BCUT2D eigenvalue weighted by molar-refractivity contribution is 0.847. The molecule has 0 aliphatic carbocycles. The maximum atomic E-state index is 6.53. The Balaban J connectivity index is 1.62. The number of aromatic nitrogens is 4. The van der Waals surface area contributed by atoms with Gasteiger partial charge in [0.25, 0.3) is 0 Å². The van der Waals surface area contributed by atoms with Crippen LogP contribution in [-0.4, -0.2) is 24.9 Å². The summed E-state index contributed by atoms with van der Waals surface area (Å²) < 4.78 is 3.75. The van der Waals surface area contributed by atoms with Crippen molar-refractivity contribution in [3.8, 4) is 16.9 Å². The predicted molar refractivity (Wildman–Crippen MR) is 138 cm³/mol. The first-order chi connectivity index (χ1) is 16.6. The molecular weight excluding hydrogens is 487 g/mol. The molecule has 168 valence electrons. The topological polar surface area (TPSA) is 60.4 Å². The second-order valence-electron chi connectivity index (χ2n) is 7.36. The number of imidazole rings is 1. The van der Waals surface area contributed by atoms with Gasteiger partial charge in [0.1, 0.15) is 0 Å². The van der Waals surface area contributed by atoms with Gasteiger partial charge in [-0.1, -0.05) is 35.3 Å². The lowest BCUT2D eigenvalue weighted by atomic mass is 10.1. The van der Waals surface area contributed by atoms with Crippen molar-refractivity contribution in [2.45, 2.75) is 6.92 Å². The van der Waals surface area contributed by atoms with Crippen LogP contribution in [0.3, 0.4) is 0 Å². The van der Waals surface area contributed by atoms with Crippen LogP contribution in [-0.2, 0) is 0 Å². The number of rotatable bonds is 5. The van der Waals surface area contributed by atoms with Crippen LogP contribution < -0.4 is 4.80 Å². The van der Waals surface area contributed by atoms with Gasteiger partial charge in [-0.25, -0.2) is 14.7 Å². The molecule has 0 aliphatic rings. The fourth-order valence-corrected chi connectivity index (χ4v) is 4.61. The van der Waals surface area contributed by atoms with E-state index in [0.29, 0.717) is 14.8 Å². The van der Waals surface area contributed by atoms with Gasteiger partial charge in [0.2, 0.25) is 4.80 Å². The molecule has 2 aromatic carbocycles. The highest BCUT2D eigenvalue weighted by atomic mass is 35.5. The smallest absolute Gasteiger partial charge is 0.211 e. The van der Waals surface area contributed by atoms with Gasteiger partial charge < -0.3 is 4.57 Å². The fraction of sp³-hybridized carbons (Fsp3) is 0.0400. The van der Waals surface area contributed by atoms with Crippen LogP contribution in [0.25, 0.3) is 16.9 Å². The number of pyridine rings is 1.